The predicted molar refractivity (Wildman–Crippen MR) is 149 cm³/mol. The van der Waals surface area contributed by atoms with Crippen LogP contribution in [0.2, 0.25) is 5.02 Å². The zero-order valence-corrected chi connectivity index (χ0v) is 22.4. The minimum atomic E-state index is -0.951. The van der Waals surface area contributed by atoms with Crippen LogP contribution in [0.5, 0.6) is 5.75 Å². The third-order valence-electron chi connectivity index (χ3n) is 6.35. The fourth-order valence-electron chi connectivity index (χ4n) is 4.32. The lowest BCUT2D eigenvalue weighted by molar-refractivity contribution is 0.0697. The van der Waals surface area contributed by atoms with Gasteiger partial charge < -0.3 is 9.84 Å². The molecular formula is C30H32ClN3O4. The van der Waals surface area contributed by atoms with Crippen molar-refractivity contribution in [2.24, 2.45) is 0 Å². The van der Waals surface area contributed by atoms with Gasteiger partial charge in [0, 0.05) is 6.42 Å². The molecule has 0 unspecified atom stereocenters. The quantitative estimate of drug-likeness (QED) is 0.231. The highest BCUT2D eigenvalue weighted by Gasteiger charge is 2.17. The first-order chi connectivity index (χ1) is 18.4. The Morgan fingerprint density at radius 2 is 1.71 bits per heavy atom. The van der Waals surface area contributed by atoms with Gasteiger partial charge in [-0.05, 0) is 59.9 Å². The highest BCUT2D eigenvalue weighted by Crippen LogP contribution is 2.24. The first-order valence-corrected chi connectivity index (χ1v) is 13.3. The number of benzene rings is 3. The number of para-hydroxylation sites is 1. The van der Waals surface area contributed by atoms with Gasteiger partial charge in [-0.2, -0.15) is 4.68 Å². The molecule has 0 radical (unpaired) electrons. The van der Waals surface area contributed by atoms with Gasteiger partial charge in [-0.1, -0.05) is 74.7 Å². The number of rotatable bonds is 12. The van der Waals surface area contributed by atoms with Gasteiger partial charge in [0.2, 0.25) is 0 Å². The molecule has 0 fully saturated rings. The molecule has 0 saturated carbocycles. The lowest BCUT2D eigenvalue weighted by Gasteiger charge is -2.14. The van der Waals surface area contributed by atoms with Crippen molar-refractivity contribution in [3.8, 4) is 11.4 Å². The summed E-state index contributed by atoms with van der Waals surface area (Å²) in [7, 11) is 0. The Labute approximate surface area is 227 Å². The molecule has 0 atom stereocenters. The van der Waals surface area contributed by atoms with Crippen LogP contribution in [-0.2, 0) is 26.0 Å². The molecule has 0 amide bonds. The summed E-state index contributed by atoms with van der Waals surface area (Å²) < 4.78 is 9.24. The van der Waals surface area contributed by atoms with Gasteiger partial charge in [0.1, 0.15) is 18.2 Å². The first-order valence-electron chi connectivity index (χ1n) is 12.9. The van der Waals surface area contributed by atoms with Gasteiger partial charge in [0.05, 0.1) is 22.8 Å². The van der Waals surface area contributed by atoms with E-state index in [2.05, 4.69) is 25.0 Å². The summed E-state index contributed by atoms with van der Waals surface area (Å²) in [6.07, 6.45) is 4.41. The molecular weight excluding hydrogens is 502 g/mol. The zero-order valence-electron chi connectivity index (χ0n) is 21.7. The van der Waals surface area contributed by atoms with Crippen molar-refractivity contribution in [3.05, 3.63) is 110 Å². The monoisotopic (exact) mass is 533 g/mol. The highest BCUT2D eigenvalue weighted by atomic mass is 35.5. The SMILES string of the molecule is CCCCc1nn(-c2ccccc2Cl)c(=O)n1Cc1ccc(OCc2ccc(C(=O)O)cc2)c(CCC)c1. The molecule has 0 aliphatic rings. The van der Waals surface area contributed by atoms with E-state index in [4.69, 9.17) is 21.4 Å². The number of aryl methyl sites for hydroxylation is 2. The summed E-state index contributed by atoms with van der Waals surface area (Å²) >= 11 is 6.38. The number of nitrogens with zero attached hydrogens (tertiary/aromatic N) is 3. The molecule has 0 aliphatic carbocycles. The topological polar surface area (TPSA) is 86.4 Å². The van der Waals surface area contributed by atoms with Crippen LogP contribution in [0.15, 0.2) is 71.5 Å². The normalized spacial score (nSPS) is 11.0. The van der Waals surface area contributed by atoms with Gasteiger partial charge in [0.15, 0.2) is 0 Å². The smallest absolute Gasteiger partial charge is 0.351 e. The van der Waals surface area contributed by atoms with Crippen molar-refractivity contribution in [3.63, 3.8) is 0 Å². The minimum Gasteiger partial charge on any atom is -0.489 e. The van der Waals surface area contributed by atoms with Gasteiger partial charge in [-0.25, -0.2) is 9.59 Å². The molecule has 4 rings (SSSR count). The number of unbranched alkanes of at least 4 members (excludes halogenated alkanes) is 1. The van der Waals surface area contributed by atoms with Crippen molar-refractivity contribution in [2.45, 2.75) is 59.1 Å². The van der Waals surface area contributed by atoms with E-state index < -0.39 is 5.97 Å². The molecule has 1 N–H and O–H groups in total. The molecule has 1 heterocycles. The number of carbonyl (C=O) groups is 1. The molecule has 0 bridgehead atoms. The number of hydrogen-bond donors (Lipinski definition) is 1. The van der Waals surface area contributed by atoms with Crippen LogP contribution in [0, 0.1) is 0 Å². The first kappa shape index (κ1) is 27.2. The molecule has 3 aromatic carbocycles. The molecule has 8 heteroatoms. The fraction of sp³-hybridized carbons (Fsp3) is 0.300. The van der Waals surface area contributed by atoms with Gasteiger partial charge in [-0.15, -0.1) is 5.10 Å². The zero-order chi connectivity index (χ0) is 27.1. The lowest BCUT2D eigenvalue weighted by Crippen LogP contribution is -2.25. The summed E-state index contributed by atoms with van der Waals surface area (Å²) in [4.78, 5) is 24.5. The summed E-state index contributed by atoms with van der Waals surface area (Å²) in [5.41, 5.74) is 3.55. The maximum atomic E-state index is 13.5. The van der Waals surface area contributed by atoms with Crippen molar-refractivity contribution in [2.75, 3.05) is 0 Å². The van der Waals surface area contributed by atoms with E-state index in [0.717, 1.165) is 53.9 Å². The Kier molecular flexibility index (Phi) is 9.02. The Morgan fingerprint density at radius 3 is 2.39 bits per heavy atom. The third-order valence-corrected chi connectivity index (χ3v) is 6.67. The predicted octanol–water partition coefficient (Wildman–Crippen LogP) is 6.31. The van der Waals surface area contributed by atoms with Crippen molar-refractivity contribution >= 4 is 17.6 Å². The number of aromatic nitrogens is 3. The molecule has 1 aromatic heterocycles. The standard InChI is InChI=1S/C30H32ClN3O4/c1-3-5-11-28-32-34(26-10-7-6-9-25(26)31)30(37)33(28)19-22-14-17-27(24(18-22)8-4-2)38-20-21-12-15-23(16-13-21)29(35)36/h6-7,9-10,12-18H,3-5,8,11,19-20H2,1-2H3,(H,35,36). The van der Waals surface area contributed by atoms with E-state index in [9.17, 15) is 9.59 Å². The fourth-order valence-corrected chi connectivity index (χ4v) is 4.54. The summed E-state index contributed by atoms with van der Waals surface area (Å²) in [5.74, 6) is 0.565. The third kappa shape index (κ3) is 6.34. The second-order valence-corrected chi connectivity index (χ2v) is 9.64. The Hall–Kier alpha value is -3.84. The second kappa shape index (κ2) is 12.6. The van der Waals surface area contributed by atoms with Crippen molar-refractivity contribution < 1.29 is 14.6 Å². The number of carboxylic acid groups (broad SMARTS) is 1. The second-order valence-electron chi connectivity index (χ2n) is 9.23. The van der Waals surface area contributed by atoms with Gasteiger partial charge in [-0.3, -0.25) is 4.57 Å². The van der Waals surface area contributed by atoms with Crippen molar-refractivity contribution in [1.82, 2.24) is 14.3 Å². The van der Waals surface area contributed by atoms with Gasteiger partial charge in [0.25, 0.3) is 0 Å². The number of aromatic carboxylic acids is 1. The minimum absolute atomic E-state index is 0.216. The molecule has 7 nitrogen and oxygen atoms in total. The van der Waals surface area contributed by atoms with E-state index in [1.54, 1.807) is 41.0 Å². The molecule has 0 aliphatic heterocycles. The molecule has 0 saturated heterocycles. The van der Waals surface area contributed by atoms with Crippen LogP contribution in [0.4, 0.5) is 0 Å². The van der Waals surface area contributed by atoms with Crippen LogP contribution < -0.4 is 10.4 Å². The lowest BCUT2D eigenvalue weighted by atomic mass is 10.0. The van der Waals surface area contributed by atoms with E-state index in [1.807, 2.05) is 24.3 Å². The average molecular weight is 534 g/mol. The maximum Gasteiger partial charge on any atom is 0.351 e. The molecule has 198 valence electrons. The Balaban J connectivity index is 1.59. The van der Waals surface area contributed by atoms with Crippen LogP contribution >= 0.6 is 11.6 Å². The van der Waals surface area contributed by atoms with Crippen LogP contribution in [0.25, 0.3) is 5.69 Å². The van der Waals surface area contributed by atoms with Crippen LogP contribution in [0.1, 0.15) is 66.0 Å². The maximum absolute atomic E-state index is 13.5. The highest BCUT2D eigenvalue weighted by molar-refractivity contribution is 6.32. The molecule has 4 aromatic rings. The summed E-state index contributed by atoms with van der Waals surface area (Å²) in [5, 5.41) is 14.2. The van der Waals surface area contributed by atoms with Crippen molar-refractivity contribution in [1.29, 1.82) is 0 Å². The van der Waals surface area contributed by atoms with E-state index in [0.29, 0.717) is 30.3 Å². The molecule has 0 spiro atoms. The van der Waals surface area contributed by atoms with E-state index in [1.165, 1.54) is 4.68 Å². The van der Waals surface area contributed by atoms with Gasteiger partial charge >= 0.3 is 11.7 Å². The summed E-state index contributed by atoms with van der Waals surface area (Å²) in [6.45, 7) is 4.96. The average Bonchev–Trinajstić information content (AvgIpc) is 3.22. The van der Waals surface area contributed by atoms with Crippen LogP contribution in [-0.4, -0.2) is 25.4 Å². The number of carboxylic acids is 1. The number of hydrogen-bond acceptors (Lipinski definition) is 4. The summed E-state index contributed by atoms with van der Waals surface area (Å²) in [6, 6.07) is 19.9. The molecule has 38 heavy (non-hydrogen) atoms. The number of halogens is 1. The Morgan fingerprint density at radius 1 is 0.974 bits per heavy atom. The Bertz CT molecular complexity index is 1460. The van der Waals surface area contributed by atoms with Crippen LogP contribution in [0.3, 0.4) is 0 Å². The van der Waals surface area contributed by atoms with E-state index in [-0.39, 0.29) is 11.3 Å². The largest absolute Gasteiger partial charge is 0.489 e. The van der Waals surface area contributed by atoms with E-state index >= 15 is 0 Å². The number of ether oxygens (including phenoxy) is 1.